The topological polar surface area (TPSA) is 46.2 Å². The van der Waals surface area contributed by atoms with Crippen LogP contribution in [0.5, 0.6) is 0 Å². The molecule has 1 radical (unpaired) electrons. The molecule has 0 atom stereocenters. The molecule has 0 aromatic carbocycles. The summed E-state index contributed by atoms with van der Waals surface area (Å²) in [5.74, 6) is 0.576. The van der Waals surface area contributed by atoms with Crippen LogP contribution in [0.25, 0.3) is 0 Å². The molecule has 0 spiro atoms. The molecule has 0 amide bonds. The molecule has 1 N–H and O–H groups in total. The van der Waals surface area contributed by atoms with E-state index in [9.17, 15) is 8.42 Å². The second kappa shape index (κ2) is 4.98. The van der Waals surface area contributed by atoms with E-state index in [1.807, 2.05) is 0 Å². The molecular weight excluding hydrogens is 170 g/mol. The zero-order chi connectivity index (χ0) is 8.04. The van der Waals surface area contributed by atoms with Crippen LogP contribution in [0.3, 0.4) is 0 Å². The van der Waals surface area contributed by atoms with E-state index in [0.717, 1.165) is 10.8 Å². The van der Waals surface area contributed by atoms with Gasteiger partial charge in [0.05, 0.1) is 0 Å². The van der Waals surface area contributed by atoms with E-state index >= 15 is 0 Å². The summed E-state index contributed by atoms with van der Waals surface area (Å²) in [4.78, 5) is 0. The maximum Gasteiger partial charge on any atom is 0.264 e. The van der Waals surface area contributed by atoms with Crippen LogP contribution in [0.4, 0.5) is 0 Å². The molecule has 0 aromatic rings. The van der Waals surface area contributed by atoms with Gasteiger partial charge < -0.3 is 0 Å². The van der Waals surface area contributed by atoms with Crippen molar-refractivity contribution in [2.75, 3.05) is 12.3 Å². The SMILES string of the molecule is [CH2]CCNS(=O)(=O)SCC. The van der Waals surface area contributed by atoms with E-state index in [4.69, 9.17) is 0 Å². The van der Waals surface area contributed by atoms with Crippen LogP contribution < -0.4 is 4.72 Å². The fraction of sp³-hybridized carbons (Fsp3) is 0.800. The fourth-order valence-corrected chi connectivity index (χ4v) is 2.61. The molecule has 0 heterocycles. The standard InChI is InChI=1S/C5H12NO2S2/c1-3-5-6-10(7,8)9-4-2/h6H,1,3-5H2,2H3. The van der Waals surface area contributed by atoms with E-state index in [1.54, 1.807) is 6.92 Å². The largest absolute Gasteiger partial charge is 0.264 e. The van der Waals surface area contributed by atoms with Crippen LogP contribution in [-0.2, 0) is 9.06 Å². The Morgan fingerprint density at radius 1 is 1.60 bits per heavy atom. The monoisotopic (exact) mass is 182 g/mol. The summed E-state index contributed by atoms with van der Waals surface area (Å²) < 4.78 is 24.0. The Hall–Kier alpha value is 0.260. The lowest BCUT2D eigenvalue weighted by molar-refractivity contribution is 0.597. The predicted octanol–water partition coefficient (Wildman–Crippen LogP) is 0.798. The summed E-state index contributed by atoms with van der Waals surface area (Å²) in [7, 11) is -2.16. The van der Waals surface area contributed by atoms with Gasteiger partial charge >= 0.3 is 0 Å². The van der Waals surface area contributed by atoms with Crippen molar-refractivity contribution in [1.29, 1.82) is 0 Å². The number of rotatable bonds is 5. The first-order chi connectivity index (χ1) is 4.62. The van der Waals surface area contributed by atoms with Crippen molar-refractivity contribution < 1.29 is 8.42 Å². The van der Waals surface area contributed by atoms with Crippen molar-refractivity contribution in [2.24, 2.45) is 0 Å². The van der Waals surface area contributed by atoms with Crippen molar-refractivity contribution in [1.82, 2.24) is 4.72 Å². The van der Waals surface area contributed by atoms with Crippen LogP contribution in [0, 0.1) is 6.92 Å². The molecule has 0 bridgehead atoms. The smallest absolute Gasteiger partial charge is 0.206 e. The molecule has 61 valence electrons. The Morgan fingerprint density at radius 3 is 2.60 bits per heavy atom. The summed E-state index contributed by atoms with van der Waals surface area (Å²) in [6, 6.07) is 0. The van der Waals surface area contributed by atoms with Crippen molar-refractivity contribution >= 4 is 19.8 Å². The first kappa shape index (κ1) is 10.3. The number of hydrogen-bond acceptors (Lipinski definition) is 3. The summed E-state index contributed by atoms with van der Waals surface area (Å²) >= 11 is 0. The molecule has 5 heteroatoms. The lowest BCUT2D eigenvalue weighted by Crippen LogP contribution is -2.20. The van der Waals surface area contributed by atoms with Gasteiger partial charge in [-0.05, 0) is 17.2 Å². The molecular formula is C5H12NO2S2. The second-order valence-corrected chi connectivity index (χ2v) is 5.64. The zero-order valence-electron chi connectivity index (χ0n) is 5.96. The van der Waals surface area contributed by atoms with Crippen LogP contribution in [0.15, 0.2) is 0 Å². The highest BCUT2D eigenvalue weighted by Crippen LogP contribution is 2.07. The maximum atomic E-state index is 10.8. The molecule has 0 saturated heterocycles. The van der Waals surface area contributed by atoms with Crippen molar-refractivity contribution in [3.8, 4) is 0 Å². The van der Waals surface area contributed by atoms with Gasteiger partial charge in [0, 0.05) is 12.3 Å². The highest BCUT2D eigenvalue weighted by atomic mass is 33.1. The van der Waals surface area contributed by atoms with Gasteiger partial charge in [-0.2, -0.15) is 0 Å². The van der Waals surface area contributed by atoms with Crippen LogP contribution in [-0.4, -0.2) is 20.7 Å². The molecule has 0 aliphatic rings. The molecule has 0 aliphatic heterocycles. The van der Waals surface area contributed by atoms with Crippen molar-refractivity contribution in [3.05, 3.63) is 6.92 Å². The van der Waals surface area contributed by atoms with E-state index in [1.165, 1.54) is 0 Å². The van der Waals surface area contributed by atoms with E-state index in [0.29, 0.717) is 18.7 Å². The van der Waals surface area contributed by atoms with Crippen LogP contribution >= 0.6 is 10.8 Å². The lowest BCUT2D eigenvalue weighted by Gasteiger charge is -2.00. The van der Waals surface area contributed by atoms with Gasteiger partial charge in [0.2, 0.25) is 0 Å². The quantitative estimate of drug-likeness (QED) is 0.640. The van der Waals surface area contributed by atoms with Gasteiger partial charge in [0.1, 0.15) is 0 Å². The molecule has 3 nitrogen and oxygen atoms in total. The van der Waals surface area contributed by atoms with Crippen molar-refractivity contribution in [2.45, 2.75) is 13.3 Å². The molecule has 0 unspecified atom stereocenters. The summed E-state index contributed by atoms with van der Waals surface area (Å²) in [5.41, 5.74) is 0. The first-order valence-electron chi connectivity index (χ1n) is 3.05. The van der Waals surface area contributed by atoms with Crippen LogP contribution in [0.2, 0.25) is 0 Å². The maximum absolute atomic E-state index is 10.8. The Kier molecular flexibility index (Phi) is 5.11. The Bertz CT molecular complexity index is 164. The highest BCUT2D eigenvalue weighted by Gasteiger charge is 2.06. The van der Waals surface area contributed by atoms with Gasteiger partial charge in [-0.15, -0.1) is 0 Å². The molecule has 0 fully saturated rings. The molecule has 10 heavy (non-hydrogen) atoms. The summed E-state index contributed by atoms with van der Waals surface area (Å²) in [6.07, 6.45) is 0.587. The molecule has 0 aromatic heterocycles. The molecule has 0 aliphatic carbocycles. The van der Waals surface area contributed by atoms with Gasteiger partial charge in [-0.3, -0.25) is 0 Å². The molecule has 0 saturated carbocycles. The number of hydrogen-bond donors (Lipinski definition) is 1. The second-order valence-electron chi connectivity index (χ2n) is 1.61. The van der Waals surface area contributed by atoms with Gasteiger partial charge in [-0.25, -0.2) is 13.1 Å². The third-order valence-electron chi connectivity index (χ3n) is 0.729. The normalized spacial score (nSPS) is 11.8. The fourth-order valence-electron chi connectivity index (χ4n) is 0.394. The summed E-state index contributed by atoms with van der Waals surface area (Å²) in [6.45, 7) is 5.74. The minimum Gasteiger partial charge on any atom is -0.206 e. The Morgan fingerprint density at radius 2 is 2.20 bits per heavy atom. The van der Waals surface area contributed by atoms with E-state index in [-0.39, 0.29) is 0 Å². The third-order valence-corrected chi connectivity index (χ3v) is 3.82. The highest BCUT2D eigenvalue weighted by molar-refractivity contribution is 8.71. The van der Waals surface area contributed by atoms with E-state index in [2.05, 4.69) is 11.6 Å². The molecule has 0 rings (SSSR count). The average molecular weight is 182 g/mol. The Balaban J connectivity index is 3.65. The summed E-state index contributed by atoms with van der Waals surface area (Å²) in [5, 5.41) is 0. The van der Waals surface area contributed by atoms with E-state index < -0.39 is 9.06 Å². The van der Waals surface area contributed by atoms with Gasteiger partial charge in [0.15, 0.2) is 0 Å². The zero-order valence-corrected chi connectivity index (χ0v) is 7.59. The van der Waals surface area contributed by atoms with Crippen molar-refractivity contribution in [3.63, 3.8) is 0 Å². The number of nitrogens with one attached hydrogen (secondary N) is 1. The minimum atomic E-state index is -3.07. The predicted molar refractivity (Wildman–Crippen MR) is 45.0 cm³/mol. The lowest BCUT2D eigenvalue weighted by atomic mass is 10.5. The Labute approximate surface area is 66.0 Å². The van der Waals surface area contributed by atoms with Crippen LogP contribution in [0.1, 0.15) is 13.3 Å². The minimum absolute atomic E-state index is 0.426. The first-order valence-corrected chi connectivity index (χ1v) is 6.04. The van der Waals surface area contributed by atoms with Gasteiger partial charge in [0.25, 0.3) is 9.06 Å². The third kappa shape index (κ3) is 5.08. The van der Waals surface area contributed by atoms with Gasteiger partial charge in [-0.1, -0.05) is 13.8 Å². The average Bonchev–Trinajstić information content (AvgIpc) is 1.84.